The average molecular weight is 884 g/mol. The molecule has 3 heterocycles. The molecule has 0 saturated carbocycles. The molecule has 0 aromatic heterocycles. The van der Waals surface area contributed by atoms with Crippen molar-refractivity contribution in [1.29, 1.82) is 0 Å². The maximum absolute atomic E-state index is 14.3. The van der Waals surface area contributed by atoms with E-state index in [1.165, 1.54) is 36.2 Å². The lowest BCUT2D eigenvalue weighted by atomic mass is 9.85. The van der Waals surface area contributed by atoms with Gasteiger partial charge in [0.2, 0.25) is 23.6 Å². The Labute approximate surface area is 374 Å². The van der Waals surface area contributed by atoms with Gasteiger partial charge < -0.3 is 45.4 Å². The normalized spacial score (nSPS) is 20.9. The predicted molar refractivity (Wildman–Crippen MR) is 241 cm³/mol. The van der Waals surface area contributed by atoms with Crippen LogP contribution >= 0.6 is 0 Å². The van der Waals surface area contributed by atoms with Gasteiger partial charge in [-0.25, -0.2) is 14.0 Å². The zero-order chi connectivity index (χ0) is 46.5. The number of halogens is 1. The van der Waals surface area contributed by atoms with Gasteiger partial charge in [0, 0.05) is 30.2 Å². The molecule has 3 fully saturated rings. The van der Waals surface area contributed by atoms with Gasteiger partial charge in [-0.3, -0.25) is 19.2 Å². The molecule has 64 heavy (non-hydrogen) atoms. The third-order valence-electron chi connectivity index (χ3n) is 12.4. The van der Waals surface area contributed by atoms with E-state index in [4.69, 9.17) is 9.47 Å². The van der Waals surface area contributed by atoms with E-state index in [1.807, 2.05) is 77.9 Å². The first-order chi connectivity index (χ1) is 30.3. The number of amides is 6. The fourth-order valence-corrected chi connectivity index (χ4v) is 9.13. The average Bonchev–Trinajstić information content (AvgIpc) is 4.05. The van der Waals surface area contributed by atoms with E-state index >= 15 is 0 Å². The molecule has 3 aromatic rings. The number of alkyl carbamates (subject to hydrolysis) is 2. The standard InChI is InChI=1S/C48H62FN7O8/c1-47(2,3)39(52-45(61)63-7)43(59)54-25-11-17-37(54)41(57)50-32-15-9-13-29(27-32)35-23-24-36(56(35)34-21-19-31(49)20-22-34)30-14-10-16-33(28-30)51-42(58)38-18-12-26-55(38)44(60)40(48(4,5)6)53-46(62)64-8/h9-10,13-16,19-22,27-28,35-40H,11-12,17-18,23-26H2,1-8H3,(H,50,57)(H,51,58)(H,52,61)(H,53,62)/t35?,36?,37-,38-,39+,40+/m0/s1. The van der Waals surface area contributed by atoms with Gasteiger partial charge in [-0.05, 0) is 109 Å². The minimum absolute atomic E-state index is 0.181. The molecule has 344 valence electrons. The summed E-state index contributed by atoms with van der Waals surface area (Å²) in [5.74, 6) is -1.73. The summed E-state index contributed by atoms with van der Waals surface area (Å²) < 4.78 is 23.9. The van der Waals surface area contributed by atoms with Gasteiger partial charge in [0.25, 0.3) is 0 Å². The number of anilines is 3. The smallest absolute Gasteiger partial charge is 0.407 e. The van der Waals surface area contributed by atoms with E-state index in [0.29, 0.717) is 50.1 Å². The Bertz CT molecular complexity index is 2070. The van der Waals surface area contributed by atoms with Gasteiger partial charge in [-0.2, -0.15) is 0 Å². The third kappa shape index (κ3) is 10.8. The second-order valence-electron chi connectivity index (χ2n) is 19.0. The number of carbonyl (C=O) groups excluding carboxylic acids is 6. The zero-order valence-corrected chi connectivity index (χ0v) is 38.0. The van der Waals surface area contributed by atoms with E-state index in [1.54, 1.807) is 24.3 Å². The number of nitrogens with zero attached hydrogens (tertiary/aromatic N) is 3. The van der Waals surface area contributed by atoms with Crippen molar-refractivity contribution in [3.8, 4) is 0 Å². The van der Waals surface area contributed by atoms with Crippen molar-refractivity contribution in [2.75, 3.05) is 42.8 Å². The molecular formula is C48H62FN7O8. The van der Waals surface area contributed by atoms with Gasteiger partial charge in [-0.1, -0.05) is 65.8 Å². The largest absolute Gasteiger partial charge is 0.453 e. The first-order valence-corrected chi connectivity index (χ1v) is 22.0. The SMILES string of the molecule is COC(=O)N[C@H](C(=O)N1CCC[C@H]1C(=O)Nc1cccc(C2CCC(c3cccc(NC(=O)[C@@H]4CCCN4C(=O)[C@@H](NC(=O)OC)C(C)(C)C)c3)N2c2ccc(F)cc2)c1)C(C)(C)C. The highest BCUT2D eigenvalue weighted by molar-refractivity contribution is 6.00. The fraction of sp³-hybridized carbons (Fsp3) is 0.500. The predicted octanol–water partition coefficient (Wildman–Crippen LogP) is 7.31. The second kappa shape index (κ2) is 19.7. The molecule has 0 bridgehead atoms. The molecule has 0 aliphatic carbocycles. The lowest BCUT2D eigenvalue weighted by Gasteiger charge is -2.35. The minimum atomic E-state index is -0.903. The minimum Gasteiger partial charge on any atom is -0.453 e. The Kier molecular flexibility index (Phi) is 14.5. The maximum Gasteiger partial charge on any atom is 0.407 e. The van der Waals surface area contributed by atoms with Crippen LogP contribution in [0.25, 0.3) is 0 Å². The summed E-state index contributed by atoms with van der Waals surface area (Å²) in [5.41, 5.74) is 2.47. The van der Waals surface area contributed by atoms with E-state index in [-0.39, 0.29) is 41.5 Å². The monoisotopic (exact) mass is 883 g/mol. The Balaban J connectivity index is 1.20. The van der Waals surface area contributed by atoms with Gasteiger partial charge in [0.15, 0.2) is 0 Å². The summed E-state index contributed by atoms with van der Waals surface area (Å²) in [6.45, 7) is 11.8. The molecule has 6 amide bonds. The summed E-state index contributed by atoms with van der Waals surface area (Å²) in [4.78, 5) is 85.1. The van der Waals surface area contributed by atoms with Crippen molar-refractivity contribution < 1.29 is 42.6 Å². The molecule has 6 rings (SSSR count). The topological polar surface area (TPSA) is 179 Å². The second-order valence-corrected chi connectivity index (χ2v) is 19.0. The van der Waals surface area contributed by atoms with Crippen molar-refractivity contribution in [3.63, 3.8) is 0 Å². The van der Waals surface area contributed by atoms with Crippen LogP contribution in [0.4, 0.5) is 31.0 Å². The summed E-state index contributed by atoms with van der Waals surface area (Å²) in [6.07, 6.45) is 2.19. The molecule has 0 spiro atoms. The van der Waals surface area contributed by atoms with Crippen LogP contribution in [0.1, 0.15) is 103 Å². The molecule has 3 aliphatic rings. The summed E-state index contributed by atoms with van der Waals surface area (Å²) in [5, 5.41) is 11.4. The number of nitrogens with one attached hydrogen (secondary N) is 4. The van der Waals surface area contributed by atoms with E-state index in [0.717, 1.165) is 29.7 Å². The lowest BCUT2D eigenvalue weighted by Crippen LogP contribution is -2.57. The maximum atomic E-state index is 14.3. The number of carbonyl (C=O) groups is 6. The molecule has 6 atom stereocenters. The number of ether oxygens (including phenoxy) is 2. The van der Waals surface area contributed by atoms with E-state index in [2.05, 4.69) is 26.2 Å². The van der Waals surface area contributed by atoms with Crippen LogP contribution in [-0.2, 0) is 28.7 Å². The summed E-state index contributed by atoms with van der Waals surface area (Å²) in [6, 6.07) is 17.9. The van der Waals surface area contributed by atoms with Crippen molar-refractivity contribution in [1.82, 2.24) is 20.4 Å². The Morgan fingerprint density at radius 3 is 1.39 bits per heavy atom. The highest BCUT2D eigenvalue weighted by atomic mass is 19.1. The number of rotatable bonds is 11. The van der Waals surface area contributed by atoms with Crippen molar-refractivity contribution in [3.05, 3.63) is 89.7 Å². The third-order valence-corrected chi connectivity index (χ3v) is 12.4. The van der Waals surface area contributed by atoms with E-state index in [9.17, 15) is 33.2 Å². The van der Waals surface area contributed by atoms with Gasteiger partial charge in [-0.15, -0.1) is 0 Å². The summed E-state index contributed by atoms with van der Waals surface area (Å²) in [7, 11) is 2.47. The Morgan fingerprint density at radius 1 is 0.609 bits per heavy atom. The van der Waals surface area contributed by atoms with Gasteiger partial charge >= 0.3 is 12.2 Å². The van der Waals surface area contributed by atoms with Gasteiger partial charge in [0.05, 0.1) is 26.3 Å². The molecule has 3 saturated heterocycles. The van der Waals surface area contributed by atoms with Crippen molar-refractivity contribution in [2.45, 2.75) is 116 Å². The zero-order valence-electron chi connectivity index (χ0n) is 38.0. The van der Waals surface area contributed by atoms with Crippen LogP contribution in [-0.4, -0.2) is 97.1 Å². The lowest BCUT2D eigenvalue weighted by molar-refractivity contribution is -0.140. The quantitative estimate of drug-likeness (QED) is 0.154. The fourth-order valence-electron chi connectivity index (χ4n) is 9.13. The van der Waals surface area contributed by atoms with Crippen LogP contribution in [0, 0.1) is 16.6 Å². The molecule has 15 nitrogen and oxygen atoms in total. The number of likely N-dealkylation sites (tertiary alicyclic amines) is 2. The Hall–Kier alpha value is -6.19. The van der Waals surface area contributed by atoms with Crippen LogP contribution in [0.2, 0.25) is 0 Å². The van der Waals surface area contributed by atoms with Crippen LogP contribution in [0.3, 0.4) is 0 Å². The molecule has 2 unspecified atom stereocenters. The molecule has 16 heteroatoms. The van der Waals surface area contributed by atoms with E-state index < -0.39 is 47.2 Å². The summed E-state index contributed by atoms with van der Waals surface area (Å²) >= 11 is 0. The van der Waals surface area contributed by atoms with Crippen LogP contribution < -0.4 is 26.2 Å². The number of hydrogen-bond donors (Lipinski definition) is 4. The number of methoxy groups -OCH3 is 2. The first-order valence-electron chi connectivity index (χ1n) is 22.0. The highest BCUT2D eigenvalue weighted by Crippen LogP contribution is 2.47. The van der Waals surface area contributed by atoms with Crippen LogP contribution in [0.5, 0.6) is 0 Å². The number of hydrogen-bond acceptors (Lipinski definition) is 9. The van der Waals surface area contributed by atoms with Crippen molar-refractivity contribution >= 4 is 52.9 Å². The molecule has 4 N–H and O–H groups in total. The highest BCUT2D eigenvalue weighted by Gasteiger charge is 2.44. The Morgan fingerprint density at radius 2 is 1.02 bits per heavy atom. The molecule has 3 aromatic carbocycles. The van der Waals surface area contributed by atoms with Crippen LogP contribution in [0.15, 0.2) is 72.8 Å². The molecule has 0 radical (unpaired) electrons. The molecular weight excluding hydrogens is 822 g/mol. The number of benzene rings is 3. The van der Waals surface area contributed by atoms with Crippen molar-refractivity contribution in [2.24, 2.45) is 10.8 Å². The first kappa shape index (κ1) is 47.3. The van der Waals surface area contributed by atoms with Gasteiger partial charge in [0.1, 0.15) is 30.0 Å². The molecule has 3 aliphatic heterocycles.